The van der Waals surface area contributed by atoms with Gasteiger partial charge in [-0.3, -0.25) is 0 Å². The first kappa shape index (κ1) is 26.9. The van der Waals surface area contributed by atoms with E-state index in [1.165, 1.54) is 62.0 Å². The van der Waals surface area contributed by atoms with Crippen LogP contribution < -0.4 is 8.45 Å². The number of ether oxygens (including phenoxy) is 3. The molecule has 1 aliphatic rings. The van der Waals surface area contributed by atoms with Crippen LogP contribution in [0.5, 0.6) is 5.75 Å². The first-order chi connectivity index (χ1) is 14.9. The molecule has 4 nitrogen and oxygen atoms in total. The van der Waals surface area contributed by atoms with E-state index in [0.29, 0.717) is 6.61 Å². The Labute approximate surface area is 195 Å². The Hall–Kier alpha value is -0.331. The topological polar surface area (TPSA) is 40.6 Å². The van der Waals surface area contributed by atoms with Crippen molar-refractivity contribution in [3.8, 4) is 5.75 Å². The first-order valence-electron chi connectivity index (χ1n) is 12.8. The zero-order valence-electron chi connectivity index (χ0n) is 20.9. The summed E-state index contributed by atoms with van der Waals surface area (Å²) in [6, 6.07) is 4.33. The summed E-state index contributed by atoms with van der Waals surface area (Å²) >= 11 is -2.55. The summed E-state index contributed by atoms with van der Waals surface area (Å²) in [5.74, 6) is 0.953. The van der Waals surface area contributed by atoms with E-state index < -0.39 is 24.0 Å². The molecule has 1 unspecified atom stereocenters. The molecule has 1 aliphatic heterocycles. The third-order valence-electron chi connectivity index (χ3n) is 6.45. The zero-order chi connectivity index (χ0) is 22.6. The van der Waals surface area contributed by atoms with E-state index in [1.807, 2.05) is 12.3 Å². The van der Waals surface area contributed by atoms with Gasteiger partial charge >= 0.3 is 196 Å². The quantitative estimate of drug-likeness (QED) is 0.229. The van der Waals surface area contributed by atoms with Crippen molar-refractivity contribution < 1.29 is 14.2 Å². The number of aromatic nitrogens is 1. The second-order valence-corrected chi connectivity index (χ2v) is 23.0. The van der Waals surface area contributed by atoms with E-state index in [4.69, 9.17) is 19.2 Å². The fraction of sp³-hybridized carbons (Fsp3) is 0.808. The molecule has 1 aromatic heterocycles. The van der Waals surface area contributed by atoms with Gasteiger partial charge in [-0.05, 0) is 0 Å². The summed E-state index contributed by atoms with van der Waals surface area (Å²) in [4.78, 5) is 4.98. The predicted octanol–water partition coefficient (Wildman–Crippen LogP) is 6.84. The molecule has 0 amide bonds. The van der Waals surface area contributed by atoms with Crippen LogP contribution in [0.3, 0.4) is 0 Å². The number of hydrogen-bond acceptors (Lipinski definition) is 4. The Kier molecular flexibility index (Phi) is 12.2. The van der Waals surface area contributed by atoms with Crippen LogP contribution in [0.4, 0.5) is 0 Å². The molecule has 5 heteroatoms. The Morgan fingerprint density at radius 2 is 1.68 bits per heavy atom. The van der Waals surface area contributed by atoms with Crippen molar-refractivity contribution in [2.45, 2.75) is 118 Å². The molecule has 0 bridgehead atoms. The predicted molar refractivity (Wildman–Crippen MR) is 133 cm³/mol. The van der Waals surface area contributed by atoms with Gasteiger partial charge in [0.1, 0.15) is 0 Å². The van der Waals surface area contributed by atoms with Crippen molar-refractivity contribution in [3.63, 3.8) is 0 Å². The summed E-state index contributed by atoms with van der Waals surface area (Å²) in [5, 5.41) is 0. The van der Waals surface area contributed by atoms with Crippen LogP contribution in [0.1, 0.15) is 92.4 Å². The van der Waals surface area contributed by atoms with Crippen LogP contribution in [0.15, 0.2) is 18.3 Å². The summed E-state index contributed by atoms with van der Waals surface area (Å²) in [6.45, 7) is 12.5. The molecule has 31 heavy (non-hydrogen) atoms. The van der Waals surface area contributed by atoms with E-state index in [9.17, 15) is 0 Å². The molecule has 0 aromatic carbocycles. The molecular weight excluding hydrogens is 493 g/mol. The minimum atomic E-state index is -2.55. The van der Waals surface area contributed by atoms with Crippen molar-refractivity contribution in [1.29, 1.82) is 0 Å². The third kappa shape index (κ3) is 9.21. The summed E-state index contributed by atoms with van der Waals surface area (Å²) in [5.41, 5.74) is -0.395. The monoisotopic (exact) mass is 541 g/mol. The Morgan fingerprint density at radius 3 is 2.23 bits per heavy atom. The van der Waals surface area contributed by atoms with Gasteiger partial charge < -0.3 is 0 Å². The molecule has 0 aliphatic carbocycles. The molecular formula is C26H47NO3Sn. The van der Waals surface area contributed by atoms with E-state index >= 15 is 0 Å². The SMILES string of the molecule is CCC[CH2][Sn]([CH2]CCC)([CH2]CCC)[c]1cc(OC(C)(C)COC2CCCCO2)ccn1. The van der Waals surface area contributed by atoms with Crippen LogP contribution >= 0.6 is 0 Å². The van der Waals surface area contributed by atoms with Crippen molar-refractivity contribution in [2.75, 3.05) is 13.2 Å². The van der Waals surface area contributed by atoms with Gasteiger partial charge in [-0.1, -0.05) is 0 Å². The van der Waals surface area contributed by atoms with Crippen molar-refractivity contribution in [2.24, 2.45) is 0 Å². The van der Waals surface area contributed by atoms with Gasteiger partial charge in [0, 0.05) is 0 Å². The van der Waals surface area contributed by atoms with Crippen LogP contribution in [-0.4, -0.2) is 48.5 Å². The normalized spacial score (nSPS) is 17.6. The molecule has 2 rings (SSSR count). The van der Waals surface area contributed by atoms with Crippen molar-refractivity contribution in [1.82, 2.24) is 4.98 Å². The van der Waals surface area contributed by atoms with Crippen LogP contribution in [0, 0.1) is 0 Å². The second kappa shape index (κ2) is 14.0. The minimum absolute atomic E-state index is 0.0781. The average molecular weight is 540 g/mol. The maximum atomic E-state index is 6.46. The fourth-order valence-corrected chi connectivity index (χ4v) is 20.0. The molecule has 0 radical (unpaired) electrons. The molecule has 1 aromatic rings. The van der Waals surface area contributed by atoms with E-state index in [2.05, 4.69) is 40.7 Å². The summed E-state index contributed by atoms with van der Waals surface area (Å²) < 4.78 is 23.9. The Morgan fingerprint density at radius 1 is 1.03 bits per heavy atom. The average Bonchev–Trinajstić information content (AvgIpc) is 2.78. The molecule has 178 valence electrons. The number of nitrogens with zero attached hydrogens (tertiary/aromatic N) is 1. The molecule has 0 spiro atoms. The molecule has 1 fully saturated rings. The van der Waals surface area contributed by atoms with Gasteiger partial charge in [0.25, 0.3) is 0 Å². The van der Waals surface area contributed by atoms with Crippen LogP contribution in [0.2, 0.25) is 13.3 Å². The molecule has 1 atom stereocenters. The first-order valence-corrected chi connectivity index (χ1v) is 20.3. The van der Waals surface area contributed by atoms with Gasteiger partial charge in [0.05, 0.1) is 0 Å². The number of pyridine rings is 1. The van der Waals surface area contributed by atoms with Gasteiger partial charge in [-0.2, -0.15) is 0 Å². The molecule has 1 saturated heterocycles. The third-order valence-corrected chi connectivity index (χ3v) is 21.6. The van der Waals surface area contributed by atoms with Gasteiger partial charge in [0.15, 0.2) is 0 Å². The number of rotatable bonds is 15. The van der Waals surface area contributed by atoms with E-state index in [-0.39, 0.29) is 6.29 Å². The molecule has 2 heterocycles. The van der Waals surface area contributed by atoms with Crippen LogP contribution in [-0.2, 0) is 9.47 Å². The fourth-order valence-electron chi connectivity index (χ4n) is 4.55. The van der Waals surface area contributed by atoms with Gasteiger partial charge in [-0.15, -0.1) is 0 Å². The Bertz CT molecular complexity index is 595. The van der Waals surface area contributed by atoms with Crippen molar-refractivity contribution >= 4 is 22.1 Å². The second-order valence-electron chi connectivity index (χ2n) is 9.94. The number of unbranched alkanes of at least 4 members (excludes halogenated alkanes) is 3. The van der Waals surface area contributed by atoms with E-state index in [0.717, 1.165) is 25.2 Å². The standard InChI is InChI=1S/C14H20NO3.3C4H9.Sn/c1-14(2,18-12-6-8-15-9-7-12)11-17-13-5-3-4-10-16-13;3*1-3-4-2;/h6-8,13H,3-5,10-11H2,1-2H3;3*1,3-4H2,2H3;. The Balaban J connectivity index is 2.13. The zero-order valence-corrected chi connectivity index (χ0v) is 23.7. The maximum absolute atomic E-state index is 6.46. The van der Waals surface area contributed by atoms with Gasteiger partial charge in [-0.25, -0.2) is 0 Å². The molecule has 0 saturated carbocycles. The van der Waals surface area contributed by atoms with E-state index in [1.54, 1.807) is 0 Å². The van der Waals surface area contributed by atoms with Crippen LogP contribution in [0.25, 0.3) is 0 Å². The van der Waals surface area contributed by atoms with Gasteiger partial charge in [0.2, 0.25) is 0 Å². The molecule has 0 N–H and O–H groups in total. The summed E-state index contributed by atoms with van der Waals surface area (Å²) in [7, 11) is 0. The number of hydrogen-bond donors (Lipinski definition) is 0. The summed E-state index contributed by atoms with van der Waals surface area (Å²) in [6.07, 6.45) is 13.1. The van der Waals surface area contributed by atoms with Crippen molar-refractivity contribution in [3.05, 3.63) is 18.3 Å².